The van der Waals surface area contributed by atoms with E-state index in [9.17, 15) is 17.6 Å². The molecule has 0 radical (unpaired) electrons. The van der Waals surface area contributed by atoms with Gasteiger partial charge in [-0.05, 0) is 12.1 Å². The molecule has 0 unspecified atom stereocenters. The number of carbonyl (C=O) groups is 1. The predicted octanol–water partition coefficient (Wildman–Crippen LogP) is 1.04. The molecule has 7 heteroatoms. The van der Waals surface area contributed by atoms with Crippen LogP contribution in [-0.2, 0) is 14.8 Å². The monoisotopic (exact) mass is 247 g/mol. The number of benzene rings is 1. The van der Waals surface area contributed by atoms with Crippen LogP contribution in [0.15, 0.2) is 24.3 Å². The second-order valence-corrected chi connectivity index (χ2v) is 4.89. The Labute approximate surface area is 92.0 Å². The van der Waals surface area contributed by atoms with Crippen LogP contribution in [-0.4, -0.2) is 25.2 Å². The van der Waals surface area contributed by atoms with Crippen molar-refractivity contribution in [1.29, 1.82) is 0 Å². The molecule has 0 aromatic heterocycles. The van der Waals surface area contributed by atoms with E-state index in [1.54, 1.807) is 0 Å². The molecule has 1 aromatic rings. The van der Waals surface area contributed by atoms with Crippen molar-refractivity contribution in [2.24, 2.45) is 0 Å². The summed E-state index contributed by atoms with van der Waals surface area (Å²) in [6.45, 7) is 0. The van der Waals surface area contributed by atoms with Gasteiger partial charge in [-0.15, -0.1) is 0 Å². The Bertz CT molecular complexity index is 486. The fraction of sp³-hybridized carbons (Fsp3) is 0.222. The molecule has 0 heterocycles. The molecule has 0 amide bonds. The minimum atomic E-state index is -3.82. The zero-order valence-corrected chi connectivity index (χ0v) is 9.00. The van der Waals surface area contributed by atoms with Gasteiger partial charge in [-0.3, -0.25) is 9.52 Å². The fourth-order valence-electron chi connectivity index (χ4n) is 0.984. The fourth-order valence-corrected chi connectivity index (χ4v) is 2.03. The minimum Gasteiger partial charge on any atom is -0.481 e. The second-order valence-electron chi connectivity index (χ2n) is 3.04. The smallest absolute Gasteiger partial charge is 0.304 e. The highest BCUT2D eigenvalue weighted by Crippen LogP contribution is 2.14. The van der Waals surface area contributed by atoms with Crippen molar-refractivity contribution in [3.8, 4) is 0 Å². The summed E-state index contributed by atoms with van der Waals surface area (Å²) < 4.78 is 37.7. The van der Waals surface area contributed by atoms with Crippen molar-refractivity contribution in [3.63, 3.8) is 0 Å². The lowest BCUT2D eigenvalue weighted by atomic mass is 10.3. The summed E-state index contributed by atoms with van der Waals surface area (Å²) in [5.41, 5.74) is -0.187. The number of hydrogen-bond donors (Lipinski definition) is 2. The highest BCUT2D eigenvalue weighted by Gasteiger charge is 2.14. The van der Waals surface area contributed by atoms with Crippen LogP contribution < -0.4 is 4.72 Å². The third kappa shape index (κ3) is 3.85. The Morgan fingerprint density at radius 1 is 1.38 bits per heavy atom. The van der Waals surface area contributed by atoms with Crippen molar-refractivity contribution in [2.75, 3.05) is 10.5 Å². The van der Waals surface area contributed by atoms with Gasteiger partial charge in [0.25, 0.3) is 0 Å². The van der Waals surface area contributed by atoms with Crippen LogP contribution in [0.25, 0.3) is 0 Å². The molecular formula is C9H10FNO4S. The summed E-state index contributed by atoms with van der Waals surface area (Å²) in [5, 5.41) is 8.33. The van der Waals surface area contributed by atoms with E-state index >= 15 is 0 Å². The van der Waals surface area contributed by atoms with Crippen molar-refractivity contribution in [1.82, 2.24) is 0 Å². The molecule has 2 N–H and O–H groups in total. The predicted molar refractivity (Wildman–Crippen MR) is 56.1 cm³/mol. The molecule has 5 nitrogen and oxygen atoms in total. The maximum atomic E-state index is 13.1. The van der Waals surface area contributed by atoms with E-state index in [1.807, 2.05) is 4.72 Å². The molecule has 0 aliphatic heterocycles. The molecular weight excluding hydrogens is 237 g/mol. The number of aliphatic carboxylic acids is 1. The molecule has 88 valence electrons. The number of carboxylic acid groups (broad SMARTS) is 1. The standard InChI is InChI=1S/C9H10FNO4S/c10-7-3-1-2-4-8(7)11-16(14,15)6-5-9(12)13/h1-4,11H,5-6H2,(H,12,13). The first-order chi connectivity index (χ1) is 7.41. The molecule has 0 saturated heterocycles. The Hall–Kier alpha value is -1.63. The Morgan fingerprint density at radius 3 is 2.56 bits per heavy atom. The average Bonchev–Trinajstić information content (AvgIpc) is 2.19. The Kier molecular flexibility index (Phi) is 3.83. The maximum absolute atomic E-state index is 13.1. The number of hydrogen-bond acceptors (Lipinski definition) is 3. The van der Waals surface area contributed by atoms with Crippen molar-refractivity contribution in [2.45, 2.75) is 6.42 Å². The molecule has 16 heavy (non-hydrogen) atoms. The number of nitrogens with one attached hydrogen (secondary N) is 1. The second kappa shape index (κ2) is 4.93. The van der Waals surface area contributed by atoms with Gasteiger partial charge in [0.2, 0.25) is 10.0 Å². The van der Waals surface area contributed by atoms with E-state index in [-0.39, 0.29) is 5.69 Å². The summed E-state index contributed by atoms with van der Waals surface area (Å²) in [6, 6.07) is 5.26. The quantitative estimate of drug-likeness (QED) is 0.814. The van der Waals surface area contributed by atoms with Crippen LogP contribution >= 0.6 is 0 Å². The lowest BCUT2D eigenvalue weighted by Crippen LogP contribution is -2.19. The van der Waals surface area contributed by atoms with E-state index in [2.05, 4.69) is 0 Å². The Morgan fingerprint density at radius 2 is 2.00 bits per heavy atom. The highest BCUT2D eigenvalue weighted by molar-refractivity contribution is 7.92. The summed E-state index contributed by atoms with van der Waals surface area (Å²) in [6.07, 6.45) is -0.524. The summed E-state index contributed by atoms with van der Waals surface area (Å²) in [5.74, 6) is -2.52. The highest BCUT2D eigenvalue weighted by atomic mass is 32.2. The van der Waals surface area contributed by atoms with Crippen LogP contribution in [0.1, 0.15) is 6.42 Å². The lowest BCUT2D eigenvalue weighted by Gasteiger charge is -2.07. The van der Waals surface area contributed by atoms with E-state index < -0.39 is 34.0 Å². The molecule has 0 aliphatic carbocycles. The van der Waals surface area contributed by atoms with Crippen LogP contribution in [0.3, 0.4) is 0 Å². The largest absolute Gasteiger partial charge is 0.481 e. The third-order valence-electron chi connectivity index (χ3n) is 1.72. The first-order valence-electron chi connectivity index (χ1n) is 4.37. The lowest BCUT2D eigenvalue weighted by molar-refractivity contribution is -0.136. The van der Waals surface area contributed by atoms with E-state index in [4.69, 9.17) is 5.11 Å². The number of para-hydroxylation sites is 1. The number of rotatable bonds is 5. The van der Waals surface area contributed by atoms with E-state index in [0.717, 1.165) is 6.07 Å². The van der Waals surface area contributed by atoms with Crippen molar-refractivity contribution < 1.29 is 22.7 Å². The molecule has 1 rings (SSSR count). The zero-order chi connectivity index (χ0) is 12.2. The summed E-state index contributed by atoms with van der Waals surface area (Å²) in [4.78, 5) is 10.2. The van der Waals surface area contributed by atoms with Crippen LogP contribution in [0.2, 0.25) is 0 Å². The van der Waals surface area contributed by atoms with E-state index in [0.29, 0.717) is 0 Å². The van der Waals surface area contributed by atoms with E-state index in [1.165, 1.54) is 18.2 Å². The number of sulfonamides is 1. The van der Waals surface area contributed by atoms with Crippen LogP contribution in [0.4, 0.5) is 10.1 Å². The van der Waals surface area contributed by atoms with Gasteiger partial charge in [0, 0.05) is 0 Å². The van der Waals surface area contributed by atoms with Crippen molar-refractivity contribution in [3.05, 3.63) is 30.1 Å². The van der Waals surface area contributed by atoms with Gasteiger partial charge in [0.05, 0.1) is 17.9 Å². The SMILES string of the molecule is O=C(O)CCS(=O)(=O)Nc1ccccc1F. The maximum Gasteiger partial charge on any atom is 0.304 e. The summed E-state index contributed by atoms with van der Waals surface area (Å²) >= 11 is 0. The minimum absolute atomic E-state index is 0.187. The number of carboxylic acids is 1. The summed E-state index contributed by atoms with van der Waals surface area (Å²) in [7, 11) is -3.82. The Balaban J connectivity index is 2.73. The topological polar surface area (TPSA) is 83.5 Å². The van der Waals surface area contributed by atoms with Crippen molar-refractivity contribution >= 4 is 21.7 Å². The third-order valence-corrected chi connectivity index (χ3v) is 3.00. The normalized spacial score (nSPS) is 11.1. The van der Waals surface area contributed by atoms with Gasteiger partial charge in [-0.2, -0.15) is 0 Å². The van der Waals surface area contributed by atoms with Gasteiger partial charge in [-0.25, -0.2) is 12.8 Å². The van der Waals surface area contributed by atoms with Crippen LogP contribution in [0, 0.1) is 5.82 Å². The van der Waals surface area contributed by atoms with Gasteiger partial charge >= 0.3 is 5.97 Å². The number of halogens is 1. The molecule has 0 bridgehead atoms. The first-order valence-corrected chi connectivity index (χ1v) is 6.03. The molecule has 0 fully saturated rings. The number of anilines is 1. The van der Waals surface area contributed by atoms with Gasteiger partial charge in [-0.1, -0.05) is 12.1 Å². The molecule has 0 aliphatic rings. The van der Waals surface area contributed by atoms with Crippen LogP contribution in [0.5, 0.6) is 0 Å². The first kappa shape index (κ1) is 12.4. The van der Waals surface area contributed by atoms with Gasteiger partial charge < -0.3 is 5.11 Å². The molecule has 1 aromatic carbocycles. The molecule has 0 saturated carbocycles. The van der Waals surface area contributed by atoms with Gasteiger partial charge in [0.15, 0.2) is 0 Å². The molecule has 0 spiro atoms. The molecule has 0 atom stereocenters. The average molecular weight is 247 g/mol. The van der Waals surface area contributed by atoms with Gasteiger partial charge in [0.1, 0.15) is 5.82 Å². The zero-order valence-electron chi connectivity index (χ0n) is 8.18.